The first-order valence-electron chi connectivity index (χ1n) is 18.9. The lowest BCUT2D eigenvalue weighted by atomic mass is 9.29. The van der Waals surface area contributed by atoms with E-state index in [2.05, 4.69) is 95.9 Å². The van der Waals surface area contributed by atoms with E-state index in [9.17, 15) is 0 Å². The van der Waals surface area contributed by atoms with Crippen molar-refractivity contribution in [2.24, 2.45) is 0 Å². The minimum Gasteiger partial charge on any atom is -0.456 e. The number of rotatable bonds is 2. The molecule has 3 nitrogen and oxygen atoms in total. The van der Waals surface area contributed by atoms with Crippen molar-refractivity contribution >= 4 is 114 Å². The fraction of sp³-hybridized carbons (Fsp3) is 0. The van der Waals surface area contributed by atoms with E-state index in [0.29, 0.717) is 0 Å². The van der Waals surface area contributed by atoms with Crippen LogP contribution in [-0.2, 0) is 0 Å². The van der Waals surface area contributed by atoms with Gasteiger partial charge in [0.2, 0.25) is 6.71 Å². The Morgan fingerprint density at radius 1 is 0.464 bits per heavy atom. The summed E-state index contributed by atoms with van der Waals surface area (Å²) in [6.07, 6.45) is 0. The van der Waals surface area contributed by atoms with Crippen LogP contribution in [0.15, 0.2) is 172 Å². The largest absolute Gasteiger partial charge is 0.456 e. The summed E-state index contributed by atoms with van der Waals surface area (Å²) in [5, 5.41) is 1.97. The molecule has 0 atom stereocenters. The molecule has 0 saturated heterocycles. The summed E-state index contributed by atoms with van der Waals surface area (Å²) in [5.74, 6) is -1.24. The maximum absolute atomic E-state index is 16.7. The molecule has 56 heavy (non-hydrogen) atoms. The van der Waals surface area contributed by atoms with Crippen molar-refractivity contribution in [2.45, 2.75) is 9.79 Å². The van der Waals surface area contributed by atoms with Crippen LogP contribution in [0.4, 0.5) is 42.9 Å². The number of hydrogen-bond donors (Lipinski definition) is 0. The number of anilines is 6. The van der Waals surface area contributed by atoms with E-state index in [1.807, 2.05) is 53.4 Å². The van der Waals surface area contributed by atoms with Gasteiger partial charge < -0.3 is 14.2 Å². The first-order valence-corrected chi connectivity index (χ1v) is 19.7. The van der Waals surface area contributed by atoms with Gasteiger partial charge in [-0.25, -0.2) is 8.78 Å². The summed E-state index contributed by atoms with van der Waals surface area (Å²) < 4.78 is 39.9. The molecule has 0 N–H and O–H groups in total. The molecular weight excluding hydrogens is 712 g/mol. The second kappa shape index (κ2) is 11.1. The minimum atomic E-state index is -0.621. The van der Waals surface area contributed by atoms with E-state index < -0.39 is 11.6 Å². The molecule has 4 aliphatic rings. The predicted octanol–water partition coefficient (Wildman–Crippen LogP) is 8.91. The van der Waals surface area contributed by atoms with Crippen LogP contribution in [0.5, 0.6) is 0 Å². The monoisotopic (exact) mass is 738 g/mol. The van der Waals surface area contributed by atoms with Gasteiger partial charge in [0, 0.05) is 48.9 Å². The van der Waals surface area contributed by atoms with Gasteiger partial charge in [-0.2, -0.15) is 0 Å². The lowest BCUT2D eigenvalue weighted by Crippen LogP contribution is -2.68. The minimum absolute atomic E-state index is 0.0732. The van der Waals surface area contributed by atoms with Crippen molar-refractivity contribution in [3.05, 3.63) is 169 Å². The highest BCUT2D eigenvalue weighted by molar-refractivity contribution is 8.00. The lowest BCUT2D eigenvalue weighted by Gasteiger charge is -2.50. The van der Waals surface area contributed by atoms with E-state index >= 15 is 8.78 Å². The zero-order valence-electron chi connectivity index (χ0n) is 29.6. The Labute approximate surface area is 326 Å². The quantitative estimate of drug-likeness (QED) is 0.165. The maximum atomic E-state index is 16.7. The molecule has 0 aliphatic carbocycles. The third-order valence-electron chi connectivity index (χ3n) is 12.2. The Bertz CT molecular complexity index is 3190. The smallest absolute Gasteiger partial charge is 0.252 e. The van der Waals surface area contributed by atoms with Crippen LogP contribution < -0.4 is 42.6 Å². The SMILES string of the molecule is Fc1cccc(F)c1N1c2ccccc2B2c3ccccc3N3c4ccccc4B4c5ccccc5Sc5c4c3c2c1c5-c1cccc2oc3ccccc3c12. The lowest BCUT2D eigenvalue weighted by molar-refractivity contribution is 0.586. The molecule has 0 saturated carbocycles. The molecule has 0 unspecified atom stereocenters. The van der Waals surface area contributed by atoms with Crippen LogP contribution in [0.3, 0.4) is 0 Å². The zero-order chi connectivity index (χ0) is 36.8. The van der Waals surface area contributed by atoms with Gasteiger partial charge in [0.15, 0.2) is 0 Å². The highest BCUT2D eigenvalue weighted by atomic mass is 32.2. The molecule has 5 heterocycles. The van der Waals surface area contributed by atoms with E-state index in [-0.39, 0.29) is 19.1 Å². The average molecular weight is 738 g/mol. The van der Waals surface area contributed by atoms with Gasteiger partial charge in [0.05, 0.1) is 5.69 Å². The number of furan rings is 1. The Kier molecular flexibility index (Phi) is 6.08. The maximum Gasteiger partial charge on any atom is 0.252 e. The summed E-state index contributed by atoms with van der Waals surface area (Å²) in [5.41, 5.74) is 15.1. The fourth-order valence-electron chi connectivity index (χ4n) is 10.2. The van der Waals surface area contributed by atoms with Crippen LogP contribution in [0.25, 0.3) is 33.1 Å². The Morgan fingerprint density at radius 2 is 1.02 bits per heavy atom. The summed E-state index contributed by atoms with van der Waals surface area (Å²) in [6, 6.07) is 52.9. The van der Waals surface area contributed by atoms with Crippen molar-refractivity contribution in [3.8, 4) is 11.1 Å². The number of nitrogens with zero attached hydrogens (tertiary/aromatic N) is 2. The zero-order valence-corrected chi connectivity index (χ0v) is 30.4. The second-order valence-corrected chi connectivity index (χ2v) is 16.0. The van der Waals surface area contributed by atoms with Crippen LogP contribution >= 0.6 is 11.8 Å². The van der Waals surface area contributed by atoms with Crippen molar-refractivity contribution in [1.82, 2.24) is 0 Å². The predicted molar refractivity (Wildman–Crippen MR) is 228 cm³/mol. The first-order chi connectivity index (χ1) is 27.7. The van der Waals surface area contributed by atoms with E-state index in [1.165, 1.54) is 39.5 Å². The molecular formula is C48H26B2F2N2OS. The summed E-state index contributed by atoms with van der Waals surface area (Å²) in [6.45, 7) is -0.289. The highest BCUT2D eigenvalue weighted by Crippen LogP contribution is 2.55. The fourth-order valence-corrected chi connectivity index (χ4v) is 11.5. The van der Waals surface area contributed by atoms with Gasteiger partial charge in [-0.3, -0.25) is 0 Å². The Morgan fingerprint density at radius 3 is 1.73 bits per heavy atom. The number of fused-ring (bicyclic) bond motifs is 13. The van der Waals surface area contributed by atoms with Gasteiger partial charge >= 0.3 is 0 Å². The first kappa shape index (κ1) is 30.8. The van der Waals surface area contributed by atoms with Crippen LogP contribution in [0.1, 0.15) is 0 Å². The number of benzene rings is 8. The van der Waals surface area contributed by atoms with E-state index in [0.717, 1.165) is 82.8 Å². The highest BCUT2D eigenvalue weighted by Gasteiger charge is 2.52. The van der Waals surface area contributed by atoms with Crippen molar-refractivity contribution in [2.75, 3.05) is 9.80 Å². The topological polar surface area (TPSA) is 19.6 Å². The molecule has 4 aliphatic heterocycles. The molecule has 0 bridgehead atoms. The molecule has 0 amide bonds. The van der Waals surface area contributed by atoms with Crippen molar-refractivity contribution < 1.29 is 13.2 Å². The van der Waals surface area contributed by atoms with Crippen molar-refractivity contribution in [3.63, 3.8) is 0 Å². The number of hydrogen-bond acceptors (Lipinski definition) is 4. The second-order valence-electron chi connectivity index (χ2n) is 14.9. The number of para-hydroxylation sites is 5. The molecule has 0 spiro atoms. The molecule has 8 heteroatoms. The van der Waals surface area contributed by atoms with Crippen molar-refractivity contribution in [1.29, 1.82) is 0 Å². The Balaban J connectivity index is 1.31. The molecule has 0 radical (unpaired) electrons. The van der Waals surface area contributed by atoms with Gasteiger partial charge in [0.25, 0.3) is 6.71 Å². The van der Waals surface area contributed by atoms with E-state index in [1.54, 1.807) is 11.8 Å². The summed E-state index contributed by atoms with van der Waals surface area (Å²) in [7, 11) is 0. The third-order valence-corrected chi connectivity index (χ3v) is 13.5. The summed E-state index contributed by atoms with van der Waals surface area (Å²) >= 11 is 1.76. The van der Waals surface area contributed by atoms with Gasteiger partial charge in [-0.1, -0.05) is 126 Å². The van der Waals surface area contributed by atoms with Gasteiger partial charge in [-0.05, 0) is 81.4 Å². The van der Waals surface area contributed by atoms with E-state index in [4.69, 9.17) is 4.42 Å². The Hall–Kier alpha value is -6.50. The van der Waals surface area contributed by atoms with Crippen LogP contribution in [0, 0.1) is 11.6 Å². The van der Waals surface area contributed by atoms with Crippen LogP contribution in [-0.4, -0.2) is 13.4 Å². The van der Waals surface area contributed by atoms with Gasteiger partial charge in [-0.15, -0.1) is 0 Å². The molecule has 260 valence electrons. The molecule has 13 rings (SSSR count). The molecule has 0 fully saturated rings. The normalized spacial score (nSPS) is 14.0. The molecule has 8 aromatic carbocycles. The summed E-state index contributed by atoms with van der Waals surface area (Å²) in [4.78, 5) is 6.57. The average Bonchev–Trinajstić information content (AvgIpc) is 3.63. The third kappa shape index (κ3) is 3.80. The molecule has 1 aromatic heterocycles. The van der Waals surface area contributed by atoms with Crippen LogP contribution in [0.2, 0.25) is 0 Å². The number of halogens is 2. The van der Waals surface area contributed by atoms with Gasteiger partial charge in [0.1, 0.15) is 28.5 Å². The standard InChI is InChI=1S/C48H26B2F2N2OS/c51-33-19-12-20-34(52)45(33)54-37-23-8-4-17-31(37)49-29-15-2-6-21-35(29)53-36-22-7-3-16-30(36)50-32-18-5-10-26-40(32)56-48-42(46(54)43(49)47(53)44(48)50)28-14-11-25-39-41(28)27-13-1-9-24-38(27)55-39/h1-26H. The molecule has 9 aromatic rings.